The van der Waals surface area contributed by atoms with Gasteiger partial charge in [-0.25, -0.2) is 0 Å². The van der Waals surface area contributed by atoms with E-state index in [0.29, 0.717) is 6.42 Å². The number of unbranched alkanes of at least 4 members (excludes halogenated alkanes) is 14. The van der Waals surface area contributed by atoms with Gasteiger partial charge in [-0.1, -0.05) is 157 Å². The summed E-state index contributed by atoms with van der Waals surface area (Å²) in [5.41, 5.74) is 5.45. The van der Waals surface area contributed by atoms with Crippen molar-refractivity contribution in [2.45, 2.75) is 147 Å². The normalized spacial score (nSPS) is 20.7. The van der Waals surface area contributed by atoms with Crippen LogP contribution in [0.25, 0.3) is 0 Å². The predicted molar refractivity (Wildman–Crippen MR) is 235 cm³/mol. The summed E-state index contributed by atoms with van der Waals surface area (Å²) in [6.07, 6.45) is 14.7. The van der Waals surface area contributed by atoms with Crippen molar-refractivity contribution in [3.05, 3.63) is 120 Å². The molecule has 4 aromatic carbocycles. The zero-order valence-electron chi connectivity index (χ0n) is 35.0. The molecule has 0 aliphatic carbocycles. The number of carbonyl (C=O) groups is 1. The summed E-state index contributed by atoms with van der Waals surface area (Å²) in [6, 6.07) is 35.6. The first-order valence-electron chi connectivity index (χ1n) is 22.3. The number of hydrogen-bond donors (Lipinski definition) is 3. The van der Waals surface area contributed by atoms with Gasteiger partial charge in [0.25, 0.3) is 0 Å². The van der Waals surface area contributed by atoms with Crippen LogP contribution in [0.4, 0.5) is 22.7 Å². The smallest absolute Gasteiger partial charge is 0.305 e. The molecule has 2 heterocycles. The number of rotatable bonds is 25. The Labute approximate surface area is 352 Å². The van der Waals surface area contributed by atoms with Crippen LogP contribution in [0.15, 0.2) is 109 Å². The van der Waals surface area contributed by atoms with E-state index in [1.165, 1.54) is 77.0 Å². The molecular weight excluding hydrogens is 741 g/mol. The van der Waals surface area contributed by atoms with Crippen molar-refractivity contribution in [1.29, 1.82) is 0 Å². The first kappa shape index (κ1) is 44.3. The van der Waals surface area contributed by atoms with E-state index in [4.69, 9.17) is 23.7 Å². The molecule has 0 saturated carbocycles. The summed E-state index contributed by atoms with van der Waals surface area (Å²) in [5.74, 6) is -0.310. The number of para-hydroxylation sites is 2. The third-order valence-corrected chi connectivity index (χ3v) is 11.2. The molecule has 0 aromatic heterocycles. The van der Waals surface area contributed by atoms with E-state index in [9.17, 15) is 9.90 Å². The maximum atomic E-state index is 12.8. The Hall–Kier alpha value is -4.25. The molecule has 6 rings (SSSR count). The molecule has 2 aliphatic rings. The zero-order chi connectivity index (χ0) is 40.9. The van der Waals surface area contributed by atoms with E-state index < -0.39 is 37.0 Å². The van der Waals surface area contributed by atoms with Crippen molar-refractivity contribution in [3.8, 4) is 0 Å². The van der Waals surface area contributed by atoms with E-state index in [2.05, 4.69) is 17.6 Å². The number of hydrogen-bond acceptors (Lipinski definition) is 9. The van der Waals surface area contributed by atoms with Gasteiger partial charge in [0.2, 0.25) is 0 Å². The first-order valence-corrected chi connectivity index (χ1v) is 22.3. The number of ether oxygens (including phenoxy) is 5. The second-order valence-electron chi connectivity index (χ2n) is 16.0. The lowest BCUT2D eigenvalue weighted by molar-refractivity contribution is -0.373. The predicted octanol–water partition coefficient (Wildman–Crippen LogP) is 12.2. The highest BCUT2D eigenvalue weighted by atomic mass is 16.8. The molecule has 59 heavy (non-hydrogen) atoms. The third-order valence-electron chi connectivity index (χ3n) is 11.2. The Morgan fingerprint density at radius 3 is 1.56 bits per heavy atom. The Bertz CT molecular complexity index is 1740. The van der Waals surface area contributed by atoms with Crippen LogP contribution in [0.5, 0.6) is 0 Å². The standard InChI is InChI=1S/C50H66N2O7/c1-2-3-4-5-6-7-8-9-10-11-12-13-14-15-22-27-46(54)55-36-44(53)47-48-45(57-50(58-47)39-30-34-43(35-31-39)52-41-25-20-17-21-26-41)37-56-49(59-48)38-28-32-42(33-29-38)51-40-23-18-16-19-24-40/h16-21,23-26,28-35,44-45,47-53H,2-15,22,27,36-37H2,1H3. The molecule has 9 nitrogen and oxygen atoms in total. The van der Waals surface area contributed by atoms with Crippen LogP contribution in [-0.4, -0.2) is 48.7 Å². The Balaban J connectivity index is 0.974. The minimum absolute atomic E-state index is 0.202. The average molecular weight is 807 g/mol. The fourth-order valence-corrected chi connectivity index (χ4v) is 7.81. The Kier molecular flexibility index (Phi) is 18.6. The van der Waals surface area contributed by atoms with Gasteiger partial charge in [0, 0.05) is 40.3 Å². The van der Waals surface area contributed by atoms with Gasteiger partial charge in [-0.3, -0.25) is 4.79 Å². The van der Waals surface area contributed by atoms with Gasteiger partial charge in [-0.05, 0) is 55.0 Å². The van der Waals surface area contributed by atoms with Crippen LogP contribution >= 0.6 is 0 Å². The van der Waals surface area contributed by atoms with E-state index in [1.807, 2.05) is 109 Å². The Morgan fingerprint density at radius 1 is 0.593 bits per heavy atom. The molecule has 2 fully saturated rings. The number of fused-ring (bicyclic) bond motifs is 1. The quantitative estimate of drug-likeness (QED) is 0.0446. The molecule has 318 valence electrons. The van der Waals surface area contributed by atoms with Gasteiger partial charge in [0.1, 0.15) is 31.0 Å². The fourth-order valence-electron chi connectivity index (χ4n) is 7.81. The largest absolute Gasteiger partial charge is 0.463 e. The lowest BCUT2D eigenvalue weighted by atomic mass is 9.99. The highest BCUT2D eigenvalue weighted by molar-refractivity contribution is 5.69. The van der Waals surface area contributed by atoms with Gasteiger partial charge in [0.15, 0.2) is 12.6 Å². The summed E-state index contributed by atoms with van der Waals surface area (Å²) in [5, 5.41) is 18.4. The van der Waals surface area contributed by atoms with Crippen LogP contribution in [0.1, 0.15) is 133 Å². The molecule has 2 saturated heterocycles. The van der Waals surface area contributed by atoms with Crippen LogP contribution in [0, 0.1) is 0 Å². The van der Waals surface area contributed by atoms with Crippen LogP contribution < -0.4 is 10.6 Å². The minimum atomic E-state index is -1.14. The van der Waals surface area contributed by atoms with Crippen molar-refractivity contribution in [1.82, 2.24) is 0 Å². The average Bonchev–Trinajstić information content (AvgIpc) is 3.27. The zero-order valence-corrected chi connectivity index (χ0v) is 35.0. The second kappa shape index (κ2) is 24.7. The molecule has 0 bridgehead atoms. The molecule has 0 radical (unpaired) electrons. The molecular formula is C50H66N2O7. The second-order valence-corrected chi connectivity index (χ2v) is 16.0. The first-order chi connectivity index (χ1) is 29.1. The summed E-state index contributed by atoms with van der Waals surface area (Å²) < 4.78 is 31.2. The molecule has 3 N–H and O–H groups in total. The van der Waals surface area contributed by atoms with E-state index >= 15 is 0 Å². The minimum Gasteiger partial charge on any atom is -0.463 e. The summed E-state index contributed by atoms with van der Waals surface area (Å²) in [6.45, 7) is 2.30. The number of benzene rings is 4. The van der Waals surface area contributed by atoms with Gasteiger partial charge in [-0.15, -0.1) is 0 Å². The van der Waals surface area contributed by atoms with Crippen LogP contribution in [0.2, 0.25) is 0 Å². The number of aliphatic hydroxyl groups excluding tert-OH is 1. The number of nitrogens with one attached hydrogen (secondary N) is 2. The van der Waals surface area contributed by atoms with Crippen molar-refractivity contribution >= 4 is 28.7 Å². The SMILES string of the molecule is CCCCCCCCCCCCCCCCCC(=O)OCC(O)C1OC(c2ccc(Nc3ccccc3)cc2)OC2COC(c3ccc(Nc4ccccc4)cc3)OC21. The highest BCUT2D eigenvalue weighted by Crippen LogP contribution is 2.39. The monoisotopic (exact) mass is 806 g/mol. The Morgan fingerprint density at radius 2 is 1.05 bits per heavy atom. The van der Waals surface area contributed by atoms with E-state index in [0.717, 1.165) is 53.1 Å². The van der Waals surface area contributed by atoms with Crippen molar-refractivity contribution in [2.24, 2.45) is 0 Å². The lowest BCUT2D eigenvalue weighted by Gasteiger charge is -2.47. The topological polar surface area (TPSA) is 108 Å². The van der Waals surface area contributed by atoms with E-state index in [-0.39, 0.29) is 19.2 Å². The molecule has 0 amide bonds. The molecule has 4 aromatic rings. The number of aliphatic hydroxyl groups is 1. The van der Waals surface area contributed by atoms with Crippen LogP contribution in [-0.2, 0) is 28.5 Å². The van der Waals surface area contributed by atoms with Gasteiger partial charge in [0.05, 0.1) is 6.61 Å². The lowest BCUT2D eigenvalue weighted by Crippen LogP contribution is -2.58. The van der Waals surface area contributed by atoms with Crippen molar-refractivity contribution in [3.63, 3.8) is 0 Å². The van der Waals surface area contributed by atoms with Crippen LogP contribution in [0.3, 0.4) is 0 Å². The third kappa shape index (κ3) is 14.8. The molecule has 6 unspecified atom stereocenters. The summed E-state index contributed by atoms with van der Waals surface area (Å²) >= 11 is 0. The van der Waals surface area contributed by atoms with Gasteiger partial charge in [-0.2, -0.15) is 0 Å². The molecule has 0 spiro atoms. The number of carbonyl (C=O) groups excluding carboxylic acids is 1. The number of anilines is 4. The molecule has 2 aliphatic heterocycles. The molecule has 9 heteroatoms. The van der Waals surface area contributed by atoms with Crippen molar-refractivity contribution in [2.75, 3.05) is 23.8 Å². The van der Waals surface area contributed by atoms with Gasteiger partial charge < -0.3 is 39.4 Å². The van der Waals surface area contributed by atoms with E-state index in [1.54, 1.807) is 0 Å². The van der Waals surface area contributed by atoms with Gasteiger partial charge >= 0.3 is 5.97 Å². The van der Waals surface area contributed by atoms with Crippen molar-refractivity contribution < 1.29 is 33.6 Å². The fraction of sp³-hybridized carbons (Fsp3) is 0.500. The maximum Gasteiger partial charge on any atom is 0.305 e. The number of esters is 1. The maximum absolute atomic E-state index is 12.8. The highest BCUT2D eigenvalue weighted by Gasteiger charge is 2.48. The summed E-state index contributed by atoms with van der Waals surface area (Å²) in [4.78, 5) is 12.8. The molecule has 6 atom stereocenters. The summed E-state index contributed by atoms with van der Waals surface area (Å²) in [7, 11) is 0.